The van der Waals surface area contributed by atoms with Crippen molar-refractivity contribution in [3.63, 3.8) is 0 Å². The van der Waals surface area contributed by atoms with E-state index in [1.54, 1.807) is 0 Å². The Balaban J connectivity index is 1.67. The molecule has 1 aromatic heterocycles. The minimum Gasteiger partial charge on any atom is -0.322 e. The standard InChI is InChI=1S/C20H23F2N3O/c1-10(2)16-12-7-8-13(16)17-11(12)5-4-6-15(17)23-20(26)14-9-25(3)24-18(14)19(21)22/h4-6,9-10,12-13,16,19H,7-8H2,1-3H3,(H,23,26)/t12-,13-,16?/m1/s1. The lowest BCUT2D eigenvalue weighted by Gasteiger charge is -2.21. The molecule has 2 bridgehead atoms. The van der Waals surface area contributed by atoms with Crippen LogP contribution in [0.3, 0.4) is 0 Å². The molecule has 26 heavy (non-hydrogen) atoms. The van der Waals surface area contributed by atoms with Crippen LogP contribution in [0.5, 0.6) is 0 Å². The molecule has 2 aromatic rings. The third-order valence-electron chi connectivity index (χ3n) is 5.95. The summed E-state index contributed by atoms with van der Waals surface area (Å²) in [5.41, 5.74) is 2.74. The second-order valence-corrected chi connectivity index (χ2v) is 7.78. The lowest BCUT2D eigenvalue weighted by Crippen LogP contribution is -2.16. The predicted octanol–water partition coefficient (Wildman–Crippen LogP) is 4.86. The van der Waals surface area contributed by atoms with Crippen LogP contribution in [0.2, 0.25) is 0 Å². The second kappa shape index (κ2) is 6.18. The quantitative estimate of drug-likeness (QED) is 0.848. The van der Waals surface area contributed by atoms with Gasteiger partial charge in [0, 0.05) is 18.9 Å². The van der Waals surface area contributed by atoms with Crippen LogP contribution in [-0.2, 0) is 7.05 Å². The Morgan fingerprint density at radius 2 is 2.00 bits per heavy atom. The molecule has 1 unspecified atom stereocenters. The monoisotopic (exact) mass is 359 g/mol. The third kappa shape index (κ3) is 2.54. The van der Waals surface area contributed by atoms with Gasteiger partial charge in [-0.15, -0.1) is 0 Å². The maximum atomic E-state index is 13.2. The number of hydrogen-bond acceptors (Lipinski definition) is 2. The van der Waals surface area contributed by atoms with Crippen LogP contribution in [0, 0.1) is 11.8 Å². The molecule has 6 heteroatoms. The zero-order valence-corrected chi connectivity index (χ0v) is 15.2. The Bertz CT molecular complexity index is 859. The van der Waals surface area contributed by atoms with E-state index in [-0.39, 0.29) is 5.56 Å². The fraction of sp³-hybridized carbons (Fsp3) is 0.500. The number of fused-ring (bicyclic) bond motifs is 5. The van der Waals surface area contributed by atoms with Crippen molar-refractivity contribution in [2.45, 2.75) is 45.0 Å². The average molecular weight is 359 g/mol. The lowest BCUT2D eigenvalue weighted by molar-refractivity contribution is 0.101. The number of nitrogens with one attached hydrogen (secondary N) is 1. The molecule has 3 atom stereocenters. The Morgan fingerprint density at radius 3 is 2.69 bits per heavy atom. The number of alkyl halides is 2. The Kier molecular flexibility index (Phi) is 4.09. The van der Waals surface area contributed by atoms with Crippen LogP contribution in [-0.4, -0.2) is 15.7 Å². The summed E-state index contributed by atoms with van der Waals surface area (Å²) in [5.74, 6) is 1.63. The van der Waals surface area contributed by atoms with Crippen molar-refractivity contribution in [2.24, 2.45) is 18.9 Å². The van der Waals surface area contributed by atoms with Crippen LogP contribution < -0.4 is 5.32 Å². The number of amides is 1. The fourth-order valence-corrected chi connectivity index (χ4v) is 5.11. The van der Waals surface area contributed by atoms with Gasteiger partial charge in [-0.25, -0.2) is 8.78 Å². The number of carbonyl (C=O) groups is 1. The largest absolute Gasteiger partial charge is 0.322 e. The molecule has 0 aliphatic heterocycles. The van der Waals surface area contributed by atoms with Gasteiger partial charge in [0.25, 0.3) is 12.3 Å². The first-order chi connectivity index (χ1) is 12.4. The van der Waals surface area contributed by atoms with Crippen LogP contribution in [0.1, 0.15) is 72.1 Å². The number of hydrogen-bond donors (Lipinski definition) is 1. The molecule has 4 nitrogen and oxygen atoms in total. The first kappa shape index (κ1) is 17.2. The highest BCUT2D eigenvalue weighted by molar-refractivity contribution is 6.05. The van der Waals surface area contributed by atoms with E-state index < -0.39 is 18.0 Å². The molecule has 1 N–H and O–H groups in total. The van der Waals surface area contributed by atoms with Gasteiger partial charge in [0.2, 0.25) is 0 Å². The van der Waals surface area contributed by atoms with Gasteiger partial charge in [0.05, 0.1) is 5.56 Å². The van der Waals surface area contributed by atoms with E-state index in [0.29, 0.717) is 23.7 Å². The second-order valence-electron chi connectivity index (χ2n) is 7.78. The van der Waals surface area contributed by atoms with E-state index in [4.69, 9.17) is 0 Å². The Hall–Kier alpha value is -2.24. The van der Waals surface area contributed by atoms with Crippen molar-refractivity contribution in [1.29, 1.82) is 0 Å². The number of anilines is 1. The van der Waals surface area contributed by atoms with Gasteiger partial charge in [-0.05, 0) is 53.7 Å². The Morgan fingerprint density at radius 1 is 1.27 bits per heavy atom. The topological polar surface area (TPSA) is 46.9 Å². The van der Waals surface area contributed by atoms with E-state index in [2.05, 4.69) is 30.3 Å². The SMILES string of the molecule is CC(C)C1[C@@H]2CC[C@H]1c1c(NC(=O)c3cn(C)nc3C(F)F)cccc12. The van der Waals surface area contributed by atoms with Crippen LogP contribution >= 0.6 is 0 Å². The van der Waals surface area contributed by atoms with E-state index in [1.165, 1.54) is 35.5 Å². The average Bonchev–Trinajstić information content (AvgIpc) is 3.26. The molecule has 0 radical (unpaired) electrons. The van der Waals surface area contributed by atoms with Crippen molar-refractivity contribution >= 4 is 11.6 Å². The fourth-order valence-electron chi connectivity index (χ4n) is 5.11. The molecule has 4 rings (SSSR count). The van der Waals surface area contributed by atoms with E-state index >= 15 is 0 Å². The highest BCUT2D eigenvalue weighted by Crippen LogP contribution is 2.61. The van der Waals surface area contributed by atoms with Crippen molar-refractivity contribution in [2.75, 3.05) is 5.32 Å². The Labute approximate surface area is 151 Å². The zero-order valence-electron chi connectivity index (χ0n) is 15.2. The van der Waals surface area contributed by atoms with Gasteiger partial charge in [0.15, 0.2) is 0 Å². The summed E-state index contributed by atoms with van der Waals surface area (Å²) in [5, 5.41) is 6.61. The third-order valence-corrected chi connectivity index (χ3v) is 5.95. The van der Waals surface area contributed by atoms with E-state index in [9.17, 15) is 13.6 Å². The maximum Gasteiger partial charge on any atom is 0.282 e. The van der Waals surface area contributed by atoms with Crippen LogP contribution in [0.25, 0.3) is 0 Å². The summed E-state index contributed by atoms with van der Waals surface area (Å²) >= 11 is 0. The summed E-state index contributed by atoms with van der Waals surface area (Å²) in [6.45, 7) is 4.51. The highest BCUT2D eigenvalue weighted by atomic mass is 19.3. The first-order valence-corrected chi connectivity index (χ1v) is 9.14. The van der Waals surface area contributed by atoms with Gasteiger partial charge in [-0.1, -0.05) is 26.0 Å². The molecular weight excluding hydrogens is 336 g/mol. The normalized spacial score (nSPS) is 23.7. The summed E-state index contributed by atoms with van der Waals surface area (Å²) in [6, 6.07) is 5.98. The predicted molar refractivity (Wildman–Crippen MR) is 95.6 cm³/mol. The van der Waals surface area contributed by atoms with E-state index in [0.717, 1.165) is 12.1 Å². The minimum atomic E-state index is -2.78. The number of carbonyl (C=O) groups excluding carboxylic acids is 1. The summed E-state index contributed by atoms with van der Waals surface area (Å²) in [6.07, 6.45) is 0.890. The molecule has 2 aliphatic carbocycles. The molecule has 0 spiro atoms. The number of rotatable bonds is 4. The molecular formula is C20H23F2N3O. The van der Waals surface area contributed by atoms with Crippen molar-refractivity contribution in [3.8, 4) is 0 Å². The van der Waals surface area contributed by atoms with Crippen molar-refractivity contribution in [3.05, 3.63) is 46.8 Å². The van der Waals surface area contributed by atoms with Crippen LogP contribution in [0.15, 0.2) is 24.4 Å². The number of nitrogens with zero attached hydrogens (tertiary/aromatic N) is 2. The van der Waals surface area contributed by atoms with Crippen molar-refractivity contribution in [1.82, 2.24) is 9.78 Å². The first-order valence-electron chi connectivity index (χ1n) is 9.14. The summed E-state index contributed by atoms with van der Waals surface area (Å²) in [7, 11) is 1.54. The number of halogens is 2. The van der Waals surface area contributed by atoms with E-state index in [1.807, 2.05) is 12.1 Å². The number of aryl methyl sites for hydroxylation is 1. The molecule has 1 heterocycles. The number of benzene rings is 1. The van der Waals surface area contributed by atoms with Gasteiger partial charge >= 0.3 is 0 Å². The van der Waals surface area contributed by atoms with Crippen molar-refractivity contribution < 1.29 is 13.6 Å². The summed E-state index contributed by atoms with van der Waals surface area (Å²) < 4.78 is 27.6. The smallest absolute Gasteiger partial charge is 0.282 e. The molecule has 2 aliphatic rings. The molecule has 138 valence electrons. The molecule has 1 aromatic carbocycles. The minimum absolute atomic E-state index is 0.0660. The highest BCUT2D eigenvalue weighted by Gasteiger charge is 2.48. The maximum absolute atomic E-state index is 13.2. The van der Waals surface area contributed by atoms with Gasteiger partial charge in [0.1, 0.15) is 5.69 Å². The number of aromatic nitrogens is 2. The van der Waals surface area contributed by atoms with Gasteiger partial charge in [-0.3, -0.25) is 9.48 Å². The van der Waals surface area contributed by atoms with Gasteiger partial charge in [-0.2, -0.15) is 5.10 Å². The zero-order chi connectivity index (χ0) is 18.6. The molecule has 1 saturated carbocycles. The molecule has 1 fully saturated rings. The summed E-state index contributed by atoms with van der Waals surface area (Å²) in [4.78, 5) is 12.7. The van der Waals surface area contributed by atoms with Gasteiger partial charge < -0.3 is 5.32 Å². The van der Waals surface area contributed by atoms with Crippen LogP contribution in [0.4, 0.5) is 14.5 Å². The lowest BCUT2D eigenvalue weighted by atomic mass is 9.85. The molecule has 0 saturated heterocycles. The molecule has 1 amide bonds.